The molecule has 3 N–H and O–H groups in total. The molecule has 162 valence electrons. The average molecular weight is 432 g/mol. The summed E-state index contributed by atoms with van der Waals surface area (Å²) in [5.74, 6) is 0. The number of nitrogens with one attached hydrogen (secondary N) is 3. The fraction of sp³-hybridized carbons (Fsp3) is 0.0714. The predicted molar refractivity (Wildman–Crippen MR) is 137 cm³/mol. The van der Waals surface area contributed by atoms with E-state index in [1.807, 2.05) is 24.4 Å². The lowest BCUT2D eigenvalue weighted by atomic mass is 10.1. The minimum absolute atomic E-state index is 0.759. The van der Waals surface area contributed by atoms with Gasteiger partial charge in [-0.1, -0.05) is 23.8 Å². The summed E-state index contributed by atoms with van der Waals surface area (Å²) >= 11 is 0. The van der Waals surface area contributed by atoms with Gasteiger partial charge in [0.2, 0.25) is 0 Å². The van der Waals surface area contributed by atoms with Gasteiger partial charge in [0.15, 0.2) is 0 Å². The van der Waals surface area contributed by atoms with Crippen molar-refractivity contribution in [2.24, 2.45) is 0 Å². The number of nitrogens with zero attached hydrogens (tertiary/aromatic N) is 2. The molecule has 0 spiro atoms. The van der Waals surface area contributed by atoms with Crippen LogP contribution in [0.3, 0.4) is 0 Å². The molecular weight excluding hydrogens is 406 g/mol. The Morgan fingerprint density at radius 1 is 0.636 bits per heavy atom. The van der Waals surface area contributed by atoms with Gasteiger partial charge in [0.25, 0.3) is 0 Å². The van der Waals surface area contributed by atoms with Gasteiger partial charge in [-0.25, -0.2) is 0 Å². The summed E-state index contributed by atoms with van der Waals surface area (Å²) in [6, 6.07) is 29.0. The summed E-state index contributed by atoms with van der Waals surface area (Å²) in [5, 5.41) is 11.5. The van der Waals surface area contributed by atoms with E-state index >= 15 is 0 Å². The molecule has 0 aliphatic rings. The molecule has 2 heterocycles. The van der Waals surface area contributed by atoms with E-state index in [-0.39, 0.29) is 0 Å². The topological polar surface area (TPSA) is 61.9 Å². The normalized spacial score (nSPS) is 10.7. The van der Waals surface area contributed by atoms with Crippen molar-refractivity contribution in [3.8, 4) is 0 Å². The van der Waals surface area contributed by atoms with Crippen LogP contribution in [0.15, 0.2) is 104 Å². The molecule has 0 fully saturated rings. The summed E-state index contributed by atoms with van der Waals surface area (Å²) in [6.07, 6.45) is 5.40. The third kappa shape index (κ3) is 5.10. The highest BCUT2D eigenvalue weighted by Gasteiger charge is 2.03. The van der Waals surface area contributed by atoms with Crippen molar-refractivity contribution in [2.45, 2.75) is 13.5 Å². The van der Waals surface area contributed by atoms with E-state index in [9.17, 15) is 0 Å². The van der Waals surface area contributed by atoms with Gasteiger partial charge < -0.3 is 16.0 Å². The monoisotopic (exact) mass is 431 g/mol. The highest BCUT2D eigenvalue weighted by Crippen LogP contribution is 2.26. The van der Waals surface area contributed by atoms with Gasteiger partial charge in [-0.15, -0.1) is 0 Å². The molecular formula is C28H25N5. The maximum Gasteiger partial charge on any atom is 0.0723 e. The lowest BCUT2D eigenvalue weighted by Crippen LogP contribution is -2.00. The molecule has 33 heavy (non-hydrogen) atoms. The molecule has 0 atom stereocenters. The zero-order valence-corrected chi connectivity index (χ0v) is 18.4. The predicted octanol–water partition coefficient (Wildman–Crippen LogP) is 7.04. The van der Waals surface area contributed by atoms with E-state index in [1.54, 1.807) is 12.4 Å². The average Bonchev–Trinajstić information content (AvgIpc) is 2.85. The zero-order valence-electron chi connectivity index (χ0n) is 18.4. The highest BCUT2D eigenvalue weighted by atomic mass is 14.9. The number of aryl methyl sites for hydroxylation is 1. The SMILES string of the molecule is Cc1ccc2nccc(Nc3ccc(CNc4ccc(Nc5ccncc5)cc4)cc3)c2c1. The van der Waals surface area contributed by atoms with Crippen molar-refractivity contribution in [1.82, 2.24) is 9.97 Å². The number of anilines is 5. The van der Waals surface area contributed by atoms with Crippen LogP contribution in [0.2, 0.25) is 0 Å². The minimum atomic E-state index is 0.759. The Kier molecular flexibility index (Phi) is 5.85. The molecule has 2 aromatic heterocycles. The molecule has 5 rings (SSSR count). The van der Waals surface area contributed by atoms with Crippen molar-refractivity contribution in [2.75, 3.05) is 16.0 Å². The molecule has 0 saturated carbocycles. The van der Waals surface area contributed by atoms with Gasteiger partial charge in [-0.3, -0.25) is 9.97 Å². The fourth-order valence-corrected chi connectivity index (χ4v) is 3.71. The van der Waals surface area contributed by atoms with Gasteiger partial charge in [-0.05, 0) is 79.2 Å². The van der Waals surface area contributed by atoms with E-state index in [0.29, 0.717) is 0 Å². The molecule has 0 amide bonds. The first-order valence-electron chi connectivity index (χ1n) is 11.0. The van der Waals surface area contributed by atoms with Crippen LogP contribution in [0.1, 0.15) is 11.1 Å². The molecule has 5 heteroatoms. The standard InChI is InChI=1S/C28H25N5/c1-20-2-11-27-26(18-20)28(14-17-30-27)33-24-5-3-21(4-6-24)19-31-22-7-9-23(10-8-22)32-25-12-15-29-16-13-25/h2-18,31H,19H2,1H3,(H,29,32)(H,30,33). The lowest BCUT2D eigenvalue weighted by molar-refractivity contribution is 1.15. The van der Waals surface area contributed by atoms with Gasteiger partial charge in [-0.2, -0.15) is 0 Å². The molecule has 0 aliphatic carbocycles. The van der Waals surface area contributed by atoms with Crippen molar-refractivity contribution >= 4 is 39.3 Å². The maximum atomic E-state index is 4.46. The summed E-state index contributed by atoms with van der Waals surface area (Å²) in [6.45, 7) is 2.86. The number of rotatable bonds is 7. The van der Waals surface area contributed by atoms with E-state index < -0.39 is 0 Å². The number of hydrogen-bond donors (Lipinski definition) is 3. The van der Waals surface area contributed by atoms with Crippen LogP contribution < -0.4 is 16.0 Å². The Balaban J connectivity index is 1.20. The molecule has 3 aromatic carbocycles. The fourth-order valence-electron chi connectivity index (χ4n) is 3.71. The van der Waals surface area contributed by atoms with Gasteiger partial charge >= 0.3 is 0 Å². The highest BCUT2D eigenvalue weighted by molar-refractivity contribution is 5.93. The second-order valence-electron chi connectivity index (χ2n) is 7.99. The smallest absolute Gasteiger partial charge is 0.0723 e. The van der Waals surface area contributed by atoms with Crippen LogP contribution in [0.25, 0.3) is 10.9 Å². The third-order valence-electron chi connectivity index (χ3n) is 5.48. The molecule has 5 aromatic rings. The Labute approximate surface area is 193 Å². The number of aromatic nitrogens is 2. The molecule has 0 radical (unpaired) electrons. The molecule has 0 unspecified atom stereocenters. The Morgan fingerprint density at radius 3 is 2.09 bits per heavy atom. The van der Waals surface area contributed by atoms with E-state index in [0.717, 1.165) is 45.9 Å². The summed E-state index contributed by atoms with van der Waals surface area (Å²) in [5.41, 5.74) is 8.70. The van der Waals surface area contributed by atoms with E-state index in [2.05, 4.69) is 99.6 Å². The Hall–Kier alpha value is -4.38. The van der Waals surface area contributed by atoms with Crippen molar-refractivity contribution < 1.29 is 0 Å². The second kappa shape index (κ2) is 9.40. The first kappa shape index (κ1) is 20.5. The number of hydrogen-bond acceptors (Lipinski definition) is 5. The van der Waals surface area contributed by atoms with Crippen LogP contribution in [-0.4, -0.2) is 9.97 Å². The van der Waals surface area contributed by atoms with Gasteiger partial charge in [0.1, 0.15) is 0 Å². The molecule has 0 aliphatic heterocycles. The second-order valence-corrected chi connectivity index (χ2v) is 7.99. The van der Waals surface area contributed by atoms with Crippen LogP contribution in [0.5, 0.6) is 0 Å². The minimum Gasteiger partial charge on any atom is -0.381 e. The summed E-state index contributed by atoms with van der Waals surface area (Å²) in [7, 11) is 0. The van der Waals surface area contributed by atoms with E-state index in [4.69, 9.17) is 0 Å². The first-order chi connectivity index (χ1) is 16.2. The maximum absolute atomic E-state index is 4.46. The summed E-state index contributed by atoms with van der Waals surface area (Å²) in [4.78, 5) is 8.50. The number of fused-ring (bicyclic) bond motifs is 1. The van der Waals surface area contributed by atoms with Crippen molar-refractivity contribution in [3.63, 3.8) is 0 Å². The molecule has 0 saturated heterocycles. The third-order valence-corrected chi connectivity index (χ3v) is 5.48. The number of pyridine rings is 2. The molecule has 5 nitrogen and oxygen atoms in total. The van der Waals surface area contributed by atoms with Crippen LogP contribution in [0.4, 0.5) is 28.4 Å². The Bertz CT molecular complexity index is 1350. The first-order valence-corrected chi connectivity index (χ1v) is 11.0. The van der Waals surface area contributed by atoms with Crippen LogP contribution in [-0.2, 0) is 6.54 Å². The van der Waals surface area contributed by atoms with Gasteiger partial charge in [0.05, 0.1) is 5.52 Å². The van der Waals surface area contributed by atoms with Crippen LogP contribution >= 0.6 is 0 Å². The largest absolute Gasteiger partial charge is 0.381 e. The van der Waals surface area contributed by atoms with Gasteiger partial charge in [0, 0.05) is 59.0 Å². The quantitative estimate of drug-likeness (QED) is 0.258. The van der Waals surface area contributed by atoms with Crippen molar-refractivity contribution in [1.29, 1.82) is 0 Å². The zero-order chi connectivity index (χ0) is 22.5. The summed E-state index contributed by atoms with van der Waals surface area (Å²) < 4.78 is 0. The van der Waals surface area contributed by atoms with Crippen molar-refractivity contribution in [3.05, 3.63) is 115 Å². The Morgan fingerprint density at radius 2 is 1.30 bits per heavy atom. The molecule has 0 bridgehead atoms. The lowest BCUT2D eigenvalue weighted by Gasteiger charge is -2.12. The van der Waals surface area contributed by atoms with Crippen LogP contribution in [0, 0.1) is 6.92 Å². The van der Waals surface area contributed by atoms with E-state index in [1.165, 1.54) is 11.1 Å². The number of benzene rings is 3.